The van der Waals surface area contributed by atoms with E-state index in [2.05, 4.69) is 51.5 Å². The van der Waals surface area contributed by atoms with Crippen LogP contribution in [-0.4, -0.2) is 54.1 Å². The zero-order valence-electron chi connectivity index (χ0n) is 15.2. The van der Waals surface area contributed by atoms with E-state index >= 15 is 0 Å². The third-order valence-electron chi connectivity index (χ3n) is 6.55. The number of likely N-dealkylation sites (N-methyl/N-ethyl adjacent to an activating group) is 1. The molecule has 21 heavy (non-hydrogen) atoms. The fourth-order valence-electron chi connectivity index (χ4n) is 4.46. The smallest absolute Gasteiger partial charge is 0.0333 e. The van der Waals surface area contributed by atoms with Gasteiger partial charge in [-0.15, -0.1) is 0 Å². The van der Waals surface area contributed by atoms with Gasteiger partial charge >= 0.3 is 0 Å². The van der Waals surface area contributed by atoms with Crippen LogP contribution >= 0.6 is 0 Å². The Balaban J connectivity index is 2.06. The Morgan fingerprint density at radius 1 is 1.05 bits per heavy atom. The maximum absolute atomic E-state index is 6.29. The van der Waals surface area contributed by atoms with Crippen molar-refractivity contribution in [2.45, 2.75) is 77.9 Å². The molecule has 1 saturated carbocycles. The lowest BCUT2D eigenvalue weighted by Crippen LogP contribution is -2.65. The molecule has 0 aromatic heterocycles. The quantitative estimate of drug-likeness (QED) is 0.850. The van der Waals surface area contributed by atoms with Crippen LogP contribution in [0.1, 0.15) is 60.3 Å². The van der Waals surface area contributed by atoms with Gasteiger partial charge in [-0.05, 0) is 57.9 Å². The predicted molar refractivity (Wildman–Crippen MR) is 91.5 cm³/mol. The number of hydrogen-bond donors (Lipinski definition) is 1. The van der Waals surface area contributed by atoms with Crippen molar-refractivity contribution in [1.82, 2.24) is 9.80 Å². The second kappa shape index (κ2) is 6.17. The molecule has 2 unspecified atom stereocenters. The summed E-state index contributed by atoms with van der Waals surface area (Å²) in [5.41, 5.74) is 7.01. The summed E-state index contributed by atoms with van der Waals surface area (Å²) in [6, 6.07) is 1.27. The molecule has 0 aromatic rings. The molecule has 2 N–H and O–H groups in total. The first-order valence-electron chi connectivity index (χ1n) is 8.86. The molecule has 3 heteroatoms. The van der Waals surface area contributed by atoms with Crippen molar-refractivity contribution in [2.75, 3.05) is 26.7 Å². The van der Waals surface area contributed by atoms with Gasteiger partial charge in [0.05, 0.1) is 0 Å². The van der Waals surface area contributed by atoms with E-state index in [1.807, 2.05) is 0 Å². The second-order valence-corrected chi connectivity index (χ2v) is 8.84. The molecule has 0 amide bonds. The first-order valence-corrected chi connectivity index (χ1v) is 8.86. The standard InChI is InChI=1S/C18H37N3/c1-14-11-21(12-15(2)20(14)6)18(13-19)9-7-16(8-10-18)17(3,4)5/h14-16H,7-13,19H2,1-6H3. The summed E-state index contributed by atoms with van der Waals surface area (Å²) in [5.74, 6) is 0.861. The van der Waals surface area contributed by atoms with Gasteiger partial charge in [-0.1, -0.05) is 20.8 Å². The van der Waals surface area contributed by atoms with Crippen molar-refractivity contribution < 1.29 is 0 Å². The van der Waals surface area contributed by atoms with Crippen LogP contribution in [0.2, 0.25) is 0 Å². The van der Waals surface area contributed by atoms with E-state index in [0.717, 1.165) is 12.5 Å². The topological polar surface area (TPSA) is 32.5 Å². The number of rotatable bonds is 2. The van der Waals surface area contributed by atoms with Gasteiger partial charge in [0.15, 0.2) is 0 Å². The maximum Gasteiger partial charge on any atom is 0.0333 e. The largest absolute Gasteiger partial charge is 0.329 e. The van der Waals surface area contributed by atoms with Crippen molar-refractivity contribution in [1.29, 1.82) is 0 Å². The lowest BCUT2D eigenvalue weighted by Gasteiger charge is -2.54. The van der Waals surface area contributed by atoms with Crippen molar-refractivity contribution >= 4 is 0 Å². The molecular weight excluding hydrogens is 258 g/mol. The first kappa shape index (κ1) is 17.2. The van der Waals surface area contributed by atoms with Gasteiger partial charge in [0.2, 0.25) is 0 Å². The minimum Gasteiger partial charge on any atom is -0.329 e. The monoisotopic (exact) mass is 295 g/mol. The average molecular weight is 296 g/mol. The summed E-state index contributed by atoms with van der Waals surface area (Å²) in [6.07, 6.45) is 5.26. The Hall–Kier alpha value is -0.120. The van der Waals surface area contributed by atoms with Gasteiger partial charge in [-0.2, -0.15) is 0 Å². The molecule has 2 atom stereocenters. The third-order valence-corrected chi connectivity index (χ3v) is 6.55. The first-order chi connectivity index (χ1) is 9.69. The second-order valence-electron chi connectivity index (χ2n) is 8.84. The van der Waals surface area contributed by atoms with Crippen LogP contribution in [0.15, 0.2) is 0 Å². The minimum absolute atomic E-state index is 0.269. The van der Waals surface area contributed by atoms with E-state index in [1.54, 1.807) is 0 Å². The third kappa shape index (κ3) is 3.46. The van der Waals surface area contributed by atoms with Gasteiger partial charge in [0, 0.05) is 37.3 Å². The Kier molecular flexibility index (Phi) is 5.07. The Morgan fingerprint density at radius 2 is 1.52 bits per heavy atom. The molecule has 0 radical (unpaired) electrons. The average Bonchev–Trinajstić information content (AvgIpc) is 2.43. The normalized spacial score (nSPS) is 40.4. The van der Waals surface area contributed by atoms with Gasteiger partial charge in [0.25, 0.3) is 0 Å². The van der Waals surface area contributed by atoms with Gasteiger partial charge in [-0.25, -0.2) is 0 Å². The summed E-state index contributed by atoms with van der Waals surface area (Å²) in [7, 11) is 2.26. The summed E-state index contributed by atoms with van der Waals surface area (Å²) in [6.45, 7) is 15.1. The number of nitrogens with two attached hydrogens (primary N) is 1. The Labute approximate surface area is 132 Å². The van der Waals surface area contributed by atoms with Crippen molar-refractivity contribution in [2.24, 2.45) is 17.1 Å². The van der Waals surface area contributed by atoms with Crippen LogP contribution in [-0.2, 0) is 0 Å². The molecule has 2 rings (SSSR count). The molecule has 0 bridgehead atoms. The highest BCUT2D eigenvalue weighted by Crippen LogP contribution is 2.44. The Bertz CT molecular complexity index is 327. The predicted octanol–water partition coefficient (Wildman–Crippen LogP) is 2.94. The highest BCUT2D eigenvalue weighted by molar-refractivity contribution is 5.01. The van der Waals surface area contributed by atoms with Gasteiger partial charge in [-0.3, -0.25) is 9.80 Å². The molecule has 2 aliphatic rings. The highest BCUT2D eigenvalue weighted by atomic mass is 15.3. The molecule has 1 heterocycles. The molecule has 124 valence electrons. The van der Waals surface area contributed by atoms with Crippen LogP contribution in [0.3, 0.4) is 0 Å². The molecule has 3 nitrogen and oxygen atoms in total. The van der Waals surface area contributed by atoms with E-state index in [4.69, 9.17) is 5.73 Å². The highest BCUT2D eigenvalue weighted by Gasteiger charge is 2.44. The zero-order chi connectivity index (χ0) is 15.8. The summed E-state index contributed by atoms with van der Waals surface area (Å²) in [4.78, 5) is 5.25. The zero-order valence-corrected chi connectivity index (χ0v) is 15.2. The summed E-state index contributed by atoms with van der Waals surface area (Å²) in [5, 5.41) is 0. The van der Waals surface area contributed by atoms with Crippen molar-refractivity contribution in [3.05, 3.63) is 0 Å². The van der Waals surface area contributed by atoms with E-state index in [1.165, 1.54) is 38.8 Å². The summed E-state index contributed by atoms with van der Waals surface area (Å²) >= 11 is 0. The molecule has 2 fully saturated rings. The summed E-state index contributed by atoms with van der Waals surface area (Å²) < 4.78 is 0. The van der Waals surface area contributed by atoms with Crippen LogP contribution in [0, 0.1) is 11.3 Å². The number of hydrogen-bond acceptors (Lipinski definition) is 3. The van der Waals surface area contributed by atoms with E-state index < -0.39 is 0 Å². The van der Waals surface area contributed by atoms with Gasteiger partial charge < -0.3 is 5.73 Å². The van der Waals surface area contributed by atoms with Crippen molar-refractivity contribution in [3.63, 3.8) is 0 Å². The van der Waals surface area contributed by atoms with E-state index in [-0.39, 0.29) is 5.54 Å². The van der Waals surface area contributed by atoms with Crippen LogP contribution in [0.25, 0.3) is 0 Å². The van der Waals surface area contributed by atoms with E-state index in [9.17, 15) is 0 Å². The maximum atomic E-state index is 6.29. The van der Waals surface area contributed by atoms with Crippen LogP contribution in [0.4, 0.5) is 0 Å². The molecule has 1 aliphatic carbocycles. The molecule has 1 saturated heterocycles. The lowest BCUT2D eigenvalue weighted by atomic mass is 9.66. The molecular formula is C18H37N3. The Morgan fingerprint density at radius 3 is 1.90 bits per heavy atom. The number of nitrogens with zero attached hydrogens (tertiary/aromatic N) is 2. The molecule has 0 aromatic carbocycles. The lowest BCUT2D eigenvalue weighted by molar-refractivity contribution is -0.0398. The van der Waals surface area contributed by atoms with Crippen LogP contribution in [0.5, 0.6) is 0 Å². The fraction of sp³-hybridized carbons (Fsp3) is 1.00. The number of piperazine rings is 1. The molecule has 0 spiro atoms. The van der Waals surface area contributed by atoms with E-state index in [0.29, 0.717) is 17.5 Å². The van der Waals surface area contributed by atoms with Crippen LogP contribution < -0.4 is 5.73 Å². The SMILES string of the molecule is CC1CN(C2(CN)CCC(C(C)(C)C)CC2)CC(C)N1C. The molecule has 1 aliphatic heterocycles. The fourth-order valence-corrected chi connectivity index (χ4v) is 4.46. The minimum atomic E-state index is 0.269. The van der Waals surface area contributed by atoms with Crippen molar-refractivity contribution in [3.8, 4) is 0 Å². The van der Waals surface area contributed by atoms with Gasteiger partial charge in [0.1, 0.15) is 0 Å².